The van der Waals surface area contributed by atoms with Crippen molar-refractivity contribution in [3.05, 3.63) is 65.6 Å². The number of methoxy groups -OCH3 is 1. The number of ether oxygens (including phenoxy) is 1. The molecule has 116 valence electrons. The molecule has 0 unspecified atom stereocenters. The van der Waals surface area contributed by atoms with Crippen molar-refractivity contribution in [2.24, 2.45) is 5.10 Å². The van der Waals surface area contributed by atoms with E-state index in [0.29, 0.717) is 11.3 Å². The fourth-order valence-electron chi connectivity index (χ4n) is 2.36. The van der Waals surface area contributed by atoms with Gasteiger partial charge in [-0.25, -0.2) is 9.37 Å². The highest BCUT2D eigenvalue weighted by Gasteiger charge is 2.08. The molecule has 5 heteroatoms. The molecule has 0 bridgehead atoms. The lowest BCUT2D eigenvalue weighted by molar-refractivity contribution is 0.419. The predicted molar refractivity (Wildman–Crippen MR) is 90.6 cm³/mol. The first-order valence-electron chi connectivity index (χ1n) is 7.17. The van der Waals surface area contributed by atoms with Crippen molar-refractivity contribution < 1.29 is 9.13 Å². The normalized spacial score (nSPS) is 11.1. The van der Waals surface area contributed by atoms with Crippen molar-refractivity contribution in [1.82, 2.24) is 4.98 Å². The van der Waals surface area contributed by atoms with Crippen LogP contribution in [0.3, 0.4) is 0 Å². The van der Waals surface area contributed by atoms with Crippen LogP contribution in [0.1, 0.15) is 11.3 Å². The number of hydrazone groups is 1. The number of halogens is 1. The molecular weight excluding hydrogens is 293 g/mol. The van der Waals surface area contributed by atoms with Gasteiger partial charge in [0.1, 0.15) is 17.1 Å². The van der Waals surface area contributed by atoms with Gasteiger partial charge < -0.3 is 4.74 Å². The molecule has 0 atom stereocenters. The third-order valence-electron chi connectivity index (χ3n) is 3.44. The molecule has 0 fully saturated rings. The van der Waals surface area contributed by atoms with Crippen molar-refractivity contribution >= 4 is 22.8 Å². The number of hydrogen-bond donors (Lipinski definition) is 1. The summed E-state index contributed by atoms with van der Waals surface area (Å²) in [6, 6.07) is 14.1. The largest absolute Gasteiger partial charge is 0.494 e. The molecule has 23 heavy (non-hydrogen) atoms. The zero-order valence-electron chi connectivity index (χ0n) is 12.9. The third kappa shape index (κ3) is 3.13. The van der Waals surface area contributed by atoms with Crippen LogP contribution in [0.4, 0.5) is 10.1 Å². The highest BCUT2D eigenvalue weighted by molar-refractivity contribution is 5.95. The van der Waals surface area contributed by atoms with Crippen LogP contribution < -0.4 is 10.2 Å². The summed E-state index contributed by atoms with van der Waals surface area (Å²) < 4.78 is 18.9. The maximum atomic E-state index is 13.6. The van der Waals surface area contributed by atoms with Gasteiger partial charge in [0.2, 0.25) is 0 Å². The Kier molecular flexibility index (Phi) is 4.19. The molecule has 1 heterocycles. The molecule has 0 spiro atoms. The molecule has 0 aliphatic carbocycles. The molecule has 0 saturated heterocycles. The number of anilines is 1. The lowest BCUT2D eigenvalue weighted by Gasteiger charge is -2.10. The number of para-hydroxylation sites is 1. The summed E-state index contributed by atoms with van der Waals surface area (Å²) in [5.41, 5.74) is 5.78. The molecule has 0 aliphatic heterocycles. The van der Waals surface area contributed by atoms with Gasteiger partial charge in [0.25, 0.3) is 0 Å². The molecule has 0 aliphatic rings. The van der Waals surface area contributed by atoms with Gasteiger partial charge in [-0.1, -0.05) is 30.3 Å². The average Bonchev–Trinajstić information content (AvgIpc) is 2.56. The molecule has 3 aromatic rings. The Morgan fingerprint density at radius 3 is 2.78 bits per heavy atom. The van der Waals surface area contributed by atoms with Crippen LogP contribution >= 0.6 is 0 Å². The van der Waals surface area contributed by atoms with Gasteiger partial charge in [-0.15, -0.1) is 0 Å². The number of rotatable bonds is 4. The molecule has 0 amide bonds. The second-order valence-electron chi connectivity index (χ2n) is 5.06. The molecule has 2 aromatic carbocycles. The first kappa shape index (κ1) is 15.0. The van der Waals surface area contributed by atoms with Crippen LogP contribution in [0, 0.1) is 12.7 Å². The van der Waals surface area contributed by atoms with E-state index in [1.54, 1.807) is 25.3 Å². The van der Waals surface area contributed by atoms with E-state index in [1.807, 2.05) is 31.2 Å². The van der Waals surface area contributed by atoms with Gasteiger partial charge in [-0.2, -0.15) is 5.10 Å². The van der Waals surface area contributed by atoms with Crippen molar-refractivity contribution in [1.29, 1.82) is 0 Å². The molecule has 0 saturated carbocycles. The van der Waals surface area contributed by atoms with Gasteiger partial charge in [0, 0.05) is 16.6 Å². The van der Waals surface area contributed by atoms with E-state index in [0.717, 1.165) is 22.3 Å². The van der Waals surface area contributed by atoms with Crippen LogP contribution in [-0.4, -0.2) is 18.3 Å². The zero-order chi connectivity index (χ0) is 16.2. The standard InChI is InChI=1S/C18H16FN3O/c1-12-10-16(14-7-5-9-17(23-2)18(14)21-12)22-20-11-13-6-3-4-8-15(13)19/h3-11H,1-2H3,(H,21,22). The summed E-state index contributed by atoms with van der Waals surface area (Å²) in [6.45, 7) is 1.90. The molecule has 0 radical (unpaired) electrons. The highest BCUT2D eigenvalue weighted by atomic mass is 19.1. The Bertz CT molecular complexity index is 877. The minimum absolute atomic E-state index is 0.310. The summed E-state index contributed by atoms with van der Waals surface area (Å²) in [6.07, 6.45) is 1.46. The minimum atomic E-state index is -0.310. The van der Waals surface area contributed by atoms with Crippen molar-refractivity contribution in [2.75, 3.05) is 12.5 Å². The molecule has 1 N–H and O–H groups in total. The summed E-state index contributed by atoms with van der Waals surface area (Å²) in [7, 11) is 1.61. The monoisotopic (exact) mass is 309 g/mol. The Labute approximate surface area is 133 Å². The van der Waals surface area contributed by atoms with Crippen LogP contribution in [0.5, 0.6) is 5.75 Å². The Hall–Kier alpha value is -2.95. The highest BCUT2D eigenvalue weighted by Crippen LogP contribution is 2.29. The first-order chi connectivity index (χ1) is 11.2. The van der Waals surface area contributed by atoms with Crippen LogP contribution in [0.25, 0.3) is 10.9 Å². The van der Waals surface area contributed by atoms with Crippen molar-refractivity contribution in [2.45, 2.75) is 6.92 Å². The number of aryl methyl sites for hydroxylation is 1. The number of fused-ring (bicyclic) bond motifs is 1. The fraction of sp³-hybridized carbons (Fsp3) is 0.111. The lowest BCUT2D eigenvalue weighted by Crippen LogP contribution is -1.97. The average molecular weight is 309 g/mol. The number of hydrogen-bond acceptors (Lipinski definition) is 4. The number of pyridine rings is 1. The Morgan fingerprint density at radius 1 is 1.17 bits per heavy atom. The smallest absolute Gasteiger partial charge is 0.145 e. The summed E-state index contributed by atoms with van der Waals surface area (Å²) in [4.78, 5) is 4.51. The number of nitrogens with zero attached hydrogens (tertiary/aromatic N) is 2. The van der Waals surface area contributed by atoms with Gasteiger partial charge in [-0.3, -0.25) is 5.43 Å². The SMILES string of the molecule is COc1cccc2c(NN=Cc3ccccc3F)cc(C)nc12. The van der Waals surface area contributed by atoms with Crippen LogP contribution in [0.15, 0.2) is 53.6 Å². The molecular formula is C18H16FN3O. The van der Waals surface area contributed by atoms with Gasteiger partial charge in [0.05, 0.1) is 19.0 Å². The maximum absolute atomic E-state index is 13.6. The minimum Gasteiger partial charge on any atom is -0.494 e. The molecule has 3 rings (SSSR count). The van der Waals surface area contributed by atoms with Gasteiger partial charge in [-0.05, 0) is 25.1 Å². The topological polar surface area (TPSA) is 46.5 Å². The van der Waals surface area contributed by atoms with Crippen molar-refractivity contribution in [3.8, 4) is 5.75 Å². The third-order valence-corrected chi connectivity index (χ3v) is 3.44. The van der Waals surface area contributed by atoms with E-state index in [9.17, 15) is 4.39 Å². The van der Waals surface area contributed by atoms with Gasteiger partial charge >= 0.3 is 0 Å². The Morgan fingerprint density at radius 2 is 2.00 bits per heavy atom. The van der Waals surface area contributed by atoms with E-state index in [4.69, 9.17) is 4.74 Å². The number of aromatic nitrogens is 1. The van der Waals surface area contributed by atoms with Crippen molar-refractivity contribution in [3.63, 3.8) is 0 Å². The van der Waals surface area contributed by atoms with Gasteiger partial charge in [0.15, 0.2) is 0 Å². The summed E-state index contributed by atoms with van der Waals surface area (Å²) in [5.74, 6) is 0.391. The molecule has 1 aromatic heterocycles. The number of benzene rings is 2. The van der Waals surface area contributed by atoms with E-state index >= 15 is 0 Å². The van der Waals surface area contributed by atoms with E-state index in [-0.39, 0.29) is 5.82 Å². The maximum Gasteiger partial charge on any atom is 0.145 e. The zero-order valence-corrected chi connectivity index (χ0v) is 12.9. The predicted octanol–water partition coefficient (Wildman–Crippen LogP) is 4.14. The van der Waals surface area contributed by atoms with Crippen LogP contribution in [-0.2, 0) is 0 Å². The quantitative estimate of drug-likeness (QED) is 0.582. The fourth-order valence-corrected chi connectivity index (χ4v) is 2.36. The summed E-state index contributed by atoms with van der Waals surface area (Å²) in [5, 5.41) is 5.03. The molecule has 4 nitrogen and oxygen atoms in total. The second kappa shape index (κ2) is 6.44. The lowest BCUT2D eigenvalue weighted by atomic mass is 10.1. The number of nitrogens with one attached hydrogen (secondary N) is 1. The second-order valence-corrected chi connectivity index (χ2v) is 5.06. The van der Waals surface area contributed by atoms with Crippen LogP contribution in [0.2, 0.25) is 0 Å². The Balaban J connectivity index is 1.96. The van der Waals surface area contributed by atoms with E-state index in [1.165, 1.54) is 12.3 Å². The first-order valence-corrected chi connectivity index (χ1v) is 7.17. The van der Waals surface area contributed by atoms with E-state index < -0.39 is 0 Å². The summed E-state index contributed by atoms with van der Waals surface area (Å²) >= 11 is 0. The van der Waals surface area contributed by atoms with E-state index in [2.05, 4.69) is 15.5 Å².